The van der Waals surface area contributed by atoms with Crippen LogP contribution in [0.2, 0.25) is 5.02 Å². The van der Waals surface area contributed by atoms with Crippen LogP contribution in [-0.4, -0.2) is 35.1 Å². The number of carbonyl (C=O) groups excluding carboxylic acids is 3. The number of hydrogen-bond donors (Lipinski definition) is 0. The van der Waals surface area contributed by atoms with Gasteiger partial charge in [0.25, 0.3) is 11.5 Å². The first-order valence-electron chi connectivity index (χ1n) is 8.92. The van der Waals surface area contributed by atoms with Gasteiger partial charge < -0.3 is 9.47 Å². The average Bonchev–Trinajstić information content (AvgIpc) is 2.93. The van der Waals surface area contributed by atoms with Crippen LogP contribution in [0.5, 0.6) is 0 Å². The molecule has 2 amide bonds. The number of cyclic esters (lactones) is 1. The highest BCUT2D eigenvalue weighted by Gasteiger charge is 2.61. The summed E-state index contributed by atoms with van der Waals surface area (Å²) < 4.78 is 10.5. The molecule has 6 nitrogen and oxygen atoms in total. The number of halogens is 1. The summed E-state index contributed by atoms with van der Waals surface area (Å²) in [6.45, 7) is 3.38. The minimum absolute atomic E-state index is 0.0508. The fourth-order valence-electron chi connectivity index (χ4n) is 3.23. The number of benzene rings is 2. The van der Waals surface area contributed by atoms with E-state index >= 15 is 0 Å². The summed E-state index contributed by atoms with van der Waals surface area (Å²) in [5, 5.41) is 0.447. The Labute approximate surface area is 168 Å². The lowest BCUT2D eigenvalue weighted by atomic mass is 9.92. The summed E-state index contributed by atoms with van der Waals surface area (Å²) >= 11 is 6.02. The SMILES string of the molecule is CCOC(=O)[C@@]1(Cc2cccc(Cl)c2)OC(=O)N([C@H](C)c2ccccc2)C1=O. The third-order valence-corrected chi connectivity index (χ3v) is 4.87. The summed E-state index contributed by atoms with van der Waals surface area (Å²) in [5.74, 6) is -1.64. The molecule has 1 aliphatic heterocycles. The topological polar surface area (TPSA) is 72.9 Å². The van der Waals surface area contributed by atoms with Gasteiger partial charge in [-0.15, -0.1) is 0 Å². The second-order valence-electron chi connectivity index (χ2n) is 6.48. The summed E-state index contributed by atoms with van der Waals surface area (Å²) in [7, 11) is 0. The molecule has 2 aromatic carbocycles. The predicted molar refractivity (Wildman–Crippen MR) is 103 cm³/mol. The molecule has 1 fully saturated rings. The number of esters is 1. The Balaban J connectivity index is 1.99. The van der Waals surface area contributed by atoms with Gasteiger partial charge in [0.15, 0.2) is 0 Å². The van der Waals surface area contributed by atoms with Crippen molar-refractivity contribution >= 4 is 29.6 Å². The first-order chi connectivity index (χ1) is 13.4. The van der Waals surface area contributed by atoms with Crippen molar-refractivity contribution in [1.29, 1.82) is 0 Å². The van der Waals surface area contributed by atoms with Crippen LogP contribution < -0.4 is 0 Å². The zero-order valence-corrected chi connectivity index (χ0v) is 16.3. The van der Waals surface area contributed by atoms with E-state index in [0.29, 0.717) is 10.6 Å². The molecular formula is C21H20ClNO5. The zero-order chi connectivity index (χ0) is 20.3. The smallest absolute Gasteiger partial charge is 0.418 e. The van der Waals surface area contributed by atoms with Gasteiger partial charge >= 0.3 is 12.1 Å². The van der Waals surface area contributed by atoms with Crippen molar-refractivity contribution in [2.24, 2.45) is 0 Å². The summed E-state index contributed by atoms with van der Waals surface area (Å²) in [6, 6.07) is 15.1. The van der Waals surface area contributed by atoms with Crippen molar-refractivity contribution < 1.29 is 23.9 Å². The third kappa shape index (κ3) is 3.60. The van der Waals surface area contributed by atoms with E-state index in [4.69, 9.17) is 21.1 Å². The van der Waals surface area contributed by atoms with Crippen LogP contribution >= 0.6 is 11.6 Å². The molecule has 0 bridgehead atoms. The lowest BCUT2D eigenvalue weighted by Crippen LogP contribution is -2.51. The molecule has 3 rings (SSSR count). The number of nitrogens with zero attached hydrogens (tertiary/aromatic N) is 1. The normalized spacial score (nSPS) is 20.0. The first kappa shape index (κ1) is 19.9. The lowest BCUT2D eigenvalue weighted by Gasteiger charge is -2.24. The van der Waals surface area contributed by atoms with Crippen LogP contribution in [0.15, 0.2) is 54.6 Å². The van der Waals surface area contributed by atoms with Gasteiger partial charge in [-0.2, -0.15) is 0 Å². The highest BCUT2D eigenvalue weighted by atomic mass is 35.5. The van der Waals surface area contributed by atoms with Crippen LogP contribution in [0, 0.1) is 0 Å². The van der Waals surface area contributed by atoms with Crippen LogP contribution in [0.25, 0.3) is 0 Å². The summed E-state index contributed by atoms with van der Waals surface area (Å²) in [4.78, 5) is 39.6. The molecule has 2 aromatic rings. The van der Waals surface area contributed by atoms with E-state index in [-0.39, 0.29) is 13.0 Å². The van der Waals surface area contributed by atoms with Gasteiger partial charge in [0.05, 0.1) is 12.6 Å². The second kappa shape index (κ2) is 8.02. The summed E-state index contributed by atoms with van der Waals surface area (Å²) in [6.07, 6.45) is -1.04. The fourth-order valence-corrected chi connectivity index (χ4v) is 3.44. The van der Waals surface area contributed by atoms with E-state index < -0.39 is 29.6 Å². The molecule has 0 spiro atoms. The van der Waals surface area contributed by atoms with Gasteiger partial charge in [0.2, 0.25) is 0 Å². The molecule has 0 aliphatic carbocycles. The monoisotopic (exact) mass is 401 g/mol. The molecule has 0 aromatic heterocycles. The Hall–Kier alpha value is -2.86. The quantitative estimate of drug-likeness (QED) is 0.541. The van der Waals surface area contributed by atoms with Gasteiger partial charge in [0, 0.05) is 11.4 Å². The van der Waals surface area contributed by atoms with Gasteiger partial charge in [-0.3, -0.25) is 4.79 Å². The average molecular weight is 402 g/mol. The molecule has 146 valence electrons. The van der Waals surface area contributed by atoms with Crippen LogP contribution in [0.1, 0.15) is 31.0 Å². The molecule has 1 aliphatic rings. The zero-order valence-electron chi connectivity index (χ0n) is 15.6. The van der Waals surface area contributed by atoms with E-state index in [1.165, 1.54) is 0 Å². The number of ether oxygens (including phenoxy) is 2. The maximum absolute atomic E-state index is 13.3. The van der Waals surface area contributed by atoms with Crippen LogP contribution in [-0.2, 0) is 25.5 Å². The molecule has 7 heteroatoms. The van der Waals surface area contributed by atoms with Crippen molar-refractivity contribution in [3.05, 3.63) is 70.7 Å². The summed E-state index contributed by atoms with van der Waals surface area (Å²) in [5.41, 5.74) is -0.744. The molecule has 0 N–H and O–H groups in total. The van der Waals surface area contributed by atoms with Crippen LogP contribution in [0.4, 0.5) is 4.79 Å². The number of rotatable bonds is 6. The predicted octanol–water partition coefficient (Wildman–Crippen LogP) is 3.92. The molecule has 0 radical (unpaired) electrons. The Morgan fingerprint density at radius 3 is 2.54 bits per heavy atom. The molecule has 1 saturated heterocycles. The third-order valence-electron chi connectivity index (χ3n) is 4.64. The van der Waals surface area contributed by atoms with E-state index in [9.17, 15) is 14.4 Å². The lowest BCUT2D eigenvalue weighted by molar-refractivity contribution is -0.167. The van der Waals surface area contributed by atoms with Crippen molar-refractivity contribution in [3.8, 4) is 0 Å². The number of amides is 2. The van der Waals surface area contributed by atoms with Gasteiger partial charge in [-0.25, -0.2) is 14.5 Å². The molecular weight excluding hydrogens is 382 g/mol. The maximum atomic E-state index is 13.3. The second-order valence-corrected chi connectivity index (χ2v) is 6.92. The first-order valence-corrected chi connectivity index (χ1v) is 9.30. The van der Waals surface area contributed by atoms with Crippen molar-refractivity contribution in [3.63, 3.8) is 0 Å². The Kier molecular flexibility index (Phi) is 5.70. The largest absolute Gasteiger partial charge is 0.463 e. The highest BCUT2D eigenvalue weighted by molar-refractivity contribution is 6.30. The van der Waals surface area contributed by atoms with Crippen molar-refractivity contribution in [2.75, 3.05) is 6.61 Å². The van der Waals surface area contributed by atoms with E-state index in [0.717, 1.165) is 10.5 Å². The molecule has 1 heterocycles. The fraction of sp³-hybridized carbons (Fsp3) is 0.286. The molecule has 2 atom stereocenters. The highest BCUT2D eigenvalue weighted by Crippen LogP contribution is 2.35. The molecule has 28 heavy (non-hydrogen) atoms. The van der Waals surface area contributed by atoms with Crippen molar-refractivity contribution in [1.82, 2.24) is 4.90 Å². The minimum Gasteiger partial charge on any atom is -0.463 e. The van der Waals surface area contributed by atoms with Crippen LogP contribution in [0.3, 0.4) is 0 Å². The number of hydrogen-bond acceptors (Lipinski definition) is 5. The number of imide groups is 1. The van der Waals surface area contributed by atoms with E-state index in [1.807, 2.05) is 18.2 Å². The van der Waals surface area contributed by atoms with Gasteiger partial charge in [-0.1, -0.05) is 54.1 Å². The Morgan fingerprint density at radius 1 is 1.18 bits per heavy atom. The van der Waals surface area contributed by atoms with Gasteiger partial charge in [-0.05, 0) is 37.1 Å². The molecule has 0 unspecified atom stereocenters. The van der Waals surface area contributed by atoms with E-state index in [1.54, 1.807) is 50.2 Å². The minimum atomic E-state index is -2.07. The molecule has 0 saturated carbocycles. The number of carbonyl (C=O) groups is 3. The Morgan fingerprint density at radius 2 is 1.89 bits per heavy atom. The van der Waals surface area contributed by atoms with Gasteiger partial charge in [0.1, 0.15) is 0 Å². The Bertz CT molecular complexity index is 901. The maximum Gasteiger partial charge on any atom is 0.418 e. The van der Waals surface area contributed by atoms with E-state index in [2.05, 4.69) is 0 Å². The standard InChI is InChI=1S/C21H20ClNO5/c1-3-27-19(25)21(13-15-8-7-11-17(22)12-15)18(24)23(20(26)28-21)14(2)16-9-5-4-6-10-16/h4-12,14H,3,13H2,1-2H3/t14-,21+/m1/s1. The van der Waals surface area contributed by atoms with Crippen molar-refractivity contribution in [2.45, 2.75) is 31.9 Å².